The highest BCUT2D eigenvalue weighted by molar-refractivity contribution is 5.76. The van der Waals surface area contributed by atoms with Crippen LogP contribution in [0.1, 0.15) is 75.9 Å². The molecule has 7 nitrogen and oxygen atoms in total. The standard InChI is InChI=1S/C21H33N5O2/c1-16(27)25-10-5-8-18(15-25)21-23-22-19-9-11-24(12-13-26(19)21)20(28)14-17-6-3-2-4-7-17/h17-18H,2-15H2,1H3/t18-/m1/s1. The number of carbonyl (C=O) groups excluding carboxylic acids is 2. The first kappa shape index (κ1) is 19.4. The van der Waals surface area contributed by atoms with Gasteiger partial charge in [0, 0.05) is 58.4 Å². The van der Waals surface area contributed by atoms with Crippen molar-refractivity contribution in [2.24, 2.45) is 5.92 Å². The van der Waals surface area contributed by atoms with Gasteiger partial charge in [-0.05, 0) is 31.6 Å². The maximum absolute atomic E-state index is 12.8. The molecule has 0 radical (unpaired) electrons. The van der Waals surface area contributed by atoms with Crippen LogP contribution in [-0.4, -0.2) is 62.6 Å². The number of hydrogen-bond acceptors (Lipinski definition) is 4. The van der Waals surface area contributed by atoms with E-state index in [1.54, 1.807) is 6.92 Å². The summed E-state index contributed by atoms with van der Waals surface area (Å²) in [6, 6.07) is 0. The number of hydrogen-bond donors (Lipinski definition) is 0. The lowest BCUT2D eigenvalue weighted by molar-refractivity contribution is -0.132. The monoisotopic (exact) mass is 387 g/mol. The van der Waals surface area contributed by atoms with Crippen LogP contribution in [0.5, 0.6) is 0 Å². The number of carbonyl (C=O) groups is 2. The zero-order valence-corrected chi connectivity index (χ0v) is 17.1. The summed E-state index contributed by atoms with van der Waals surface area (Å²) in [6.07, 6.45) is 9.85. The van der Waals surface area contributed by atoms with Crippen molar-refractivity contribution in [2.45, 2.75) is 77.2 Å². The van der Waals surface area contributed by atoms with Crippen molar-refractivity contribution in [1.29, 1.82) is 0 Å². The third kappa shape index (κ3) is 4.23. The van der Waals surface area contributed by atoms with Gasteiger partial charge >= 0.3 is 0 Å². The predicted octanol–water partition coefficient (Wildman–Crippen LogP) is 2.36. The Labute approximate surface area is 167 Å². The first-order chi connectivity index (χ1) is 13.6. The molecule has 1 saturated heterocycles. The minimum atomic E-state index is 0.139. The van der Waals surface area contributed by atoms with E-state index < -0.39 is 0 Å². The van der Waals surface area contributed by atoms with Crippen molar-refractivity contribution >= 4 is 11.8 Å². The van der Waals surface area contributed by atoms with Crippen LogP contribution in [0.4, 0.5) is 0 Å². The van der Waals surface area contributed by atoms with Gasteiger partial charge in [0.1, 0.15) is 11.6 Å². The molecule has 1 aromatic heterocycles. The lowest BCUT2D eigenvalue weighted by Crippen LogP contribution is -2.38. The average Bonchev–Trinajstić information content (AvgIpc) is 3.00. The molecule has 154 valence electrons. The molecule has 2 fully saturated rings. The van der Waals surface area contributed by atoms with Crippen LogP contribution < -0.4 is 0 Å². The molecule has 2 amide bonds. The van der Waals surface area contributed by atoms with E-state index in [1.165, 1.54) is 32.1 Å². The molecular weight excluding hydrogens is 354 g/mol. The molecule has 0 N–H and O–H groups in total. The molecule has 3 heterocycles. The average molecular weight is 388 g/mol. The second kappa shape index (κ2) is 8.62. The third-order valence-corrected chi connectivity index (χ3v) is 6.83. The maximum Gasteiger partial charge on any atom is 0.222 e. The van der Waals surface area contributed by atoms with Gasteiger partial charge in [-0.1, -0.05) is 19.3 Å². The summed E-state index contributed by atoms with van der Waals surface area (Å²) in [4.78, 5) is 28.6. The summed E-state index contributed by atoms with van der Waals surface area (Å²) >= 11 is 0. The van der Waals surface area contributed by atoms with E-state index in [9.17, 15) is 9.59 Å². The molecule has 1 atom stereocenters. The molecule has 28 heavy (non-hydrogen) atoms. The fourth-order valence-electron chi connectivity index (χ4n) is 5.14. The molecule has 0 aromatic carbocycles. The normalized spacial score (nSPS) is 24.0. The number of aromatic nitrogens is 3. The highest BCUT2D eigenvalue weighted by Gasteiger charge is 2.30. The molecule has 0 spiro atoms. The fraction of sp³-hybridized carbons (Fsp3) is 0.810. The summed E-state index contributed by atoms with van der Waals surface area (Å²) in [5, 5.41) is 8.93. The topological polar surface area (TPSA) is 71.3 Å². The smallest absolute Gasteiger partial charge is 0.222 e. The molecule has 1 saturated carbocycles. The zero-order chi connectivity index (χ0) is 19.5. The van der Waals surface area contributed by atoms with E-state index in [2.05, 4.69) is 14.8 Å². The zero-order valence-electron chi connectivity index (χ0n) is 17.1. The number of rotatable bonds is 3. The largest absolute Gasteiger partial charge is 0.342 e. The number of likely N-dealkylation sites (tertiary alicyclic amines) is 1. The van der Waals surface area contributed by atoms with Crippen molar-refractivity contribution in [3.05, 3.63) is 11.6 Å². The molecule has 1 aliphatic carbocycles. The van der Waals surface area contributed by atoms with Crippen LogP contribution in [-0.2, 0) is 22.6 Å². The van der Waals surface area contributed by atoms with Crippen molar-refractivity contribution < 1.29 is 9.59 Å². The van der Waals surface area contributed by atoms with E-state index in [-0.39, 0.29) is 11.8 Å². The minimum absolute atomic E-state index is 0.139. The SMILES string of the molecule is CC(=O)N1CCC[C@@H](c2nnc3n2CCN(C(=O)CC2CCCCC2)CC3)C1. The highest BCUT2D eigenvalue weighted by Crippen LogP contribution is 2.29. The van der Waals surface area contributed by atoms with Gasteiger partial charge in [0.15, 0.2) is 0 Å². The van der Waals surface area contributed by atoms with Crippen LogP contribution >= 0.6 is 0 Å². The van der Waals surface area contributed by atoms with Gasteiger partial charge in [-0.15, -0.1) is 10.2 Å². The minimum Gasteiger partial charge on any atom is -0.342 e. The summed E-state index contributed by atoms with van der Waals surface area (Å²) in [6.45, 7) is 5.47. The molecule has 0 bridgehead atoms. The fourth-order valence-corrected chi connectivity index (χ4v) is 5.14. The molecule has 7 heteroatoms. The number of nitrogens with zero attached hydrogens (tertiary/aromatic N) is 5. The van der Waals surface area contributed by atoms with Crippen molar-refractivity contribution in [2.75, 3.05) is 26.2 Å². The summed E-state index contributed by atoms with van der Waals surface area (Å²) < 4.78 is 2.22. The first-order valence-electron chi connectivity index (χ1n) is 11.1. The summed E-state index contributed by atoms with van der Waals surface area (Å²) in [5.74, 6) is 3.28. The van der Waals surface area contributed by atoms with Crippen LogP contribution in [0.3, 0.4) is 0 Å². The van der Waals surface area contributed by atoms with Crippen molar-refractivity contribution in [3.8, 4) is 0 Å². The number of amides is 2. The van der Waals surface area contributed by atoms with Crippen molar-refractivity contribution in [3.63, 3.8) is 0 Å². The Morgan fingerprint density at radius 2 is 1.75 bits per heavy atom. The summed E-state index contributed by atoms with van der Waals surface area (Å²) in [7, 11) is 0. The van der Waals surface area contributed by atoms with Gasteiger partial charge in [0.2, 0.25) is 11.8 Å². The molecule has 0 unspecified atom stereocenters. The van der Waals surface area contributed by atoms with Crippen molar-refractivity contribution in [1.82, 2.24) is 24.6 Å². The van der Waals surface area contributed by atoms with E-state index in [1.807, 2.05) is 9.80 Å². The lowest BCUT2D eigenvalue weighted by atomic mass is 9.86. The van der Waals surface area contributed by atoms with Crippen LogP contribution in [0.25, 0.3) is 0 Å². The van der Waals surface area contributed by atoms with Crippen LogP contribution in [0, 0.1) is 5.92 Å². The van der Waals surface area contributed by atoms with Gasteiger partial charge in [-0.3, -0.25) is 9.59 Å². The first-order valence-corrected chi connectivity index (χ1v) is 11.1. The lowest BCUT2D eigenvalue weighted by Gasteiger charge is -2.31. The molecule has 2 aliphatic heterocycles. The Balaban J connectivity index is 1.39. The number of fused-ring (bicyclic) bond motifs is 1. The predicted molar refractivity (Wildman–Crippen MR) is 106 cm³/mol. The van der Waals surface area contributed by atoms with Gasteiger partial charge in [0.25, 0.3) is 0 Å². The quantitative estimate of drug-likeness (QED) is 0.798. The van der Waals surface area contributed by atoms with Crippen LogP contribution in [0.15, 0.2) is 0 Å². The summed E-state index contributed by atoms with van der Waals surface area (Å²) in [5.41, 5.74) is 0. The Bertz CT molecular complexity index is 710. The van der Waals surface area contributed by atoms with E-state index in [0.717, 1.165) is 63.6 Å². The van der Waals surface area contributed by atoms with Gasteiger partial charge in [0.05, 0.1) is 0 Å². The second-order valence-corrected chi connectivity index (χ2v) is 8.77. The number of piperidine rings is 1. The van der Waals surface area contributed by atoms with Gasteiger partial charge in [-0.25, -0.2) is 0 Å². The van der Waals surface area contributed by atoms with Crippen LogP contribution in [0.2, 0.25) is 0 Å². The Hall–Kier alpha value is -1.92. The van der Waals surface area contributed by atoms with Gasteiger partial charge < -0.3 is 14.4 Å². The third-order valence-electron chi connectivity index (χ3n) is 6.83. The molecule has 1 aromatic rings. The molecule has 3 aliphatic rings. The van der Waals surface area contributed by atoms with E-state index in [4.69, 9.17) is 0 Å². The van der Waals surface area contributed by atoms with E-state index >= 15 is 0 Å². The molecule has 4 rings (SSSR count). The molecular formula is C21H33N5O2. The Morgan fingerprint density at radius 3 is 2.54 bits per heavy atom. The highest BCUT2D eigenvalue weighted by atomic mass is 16.2. The Kier molecular flexibility index (Phi) is 5.97. The van der Waals surface area contributed by atoms with E-state index in [0.29, 0.717) is 18.2 Å². The second-order valence-electron chi connectivity index (χ2n) is 8.77. The maximum atomic E-state index is 12.8. The van der Waals surface area contributed by atoms with Gasteiger partial charge in [-0.2, -0.15) is 0 Å². The Morgan fingerprint density at radius 1 is 0.929 bits per heavy atom.